The molecule has 3 rings (SSSR count). The number of nitrogens with zero attached hydrogens (tertiary/aromatic N) is 3. The Balaban J connectivity index is 1.63. The quantitative estimate of drug-likeness (QED) is 0.873. The molecule has 2 atom stereocenters. The van der Waals surface area contributed by atoms with Gasteiger partial charge in [0.05, 0.1) is 18.3 Å². The Morgan fingerprint density at radius 1 is 1.35 bits per heavy atom. The average Bonchev–Trinajstić information content (AvgIpc) is 2.97. The zero-order valence-corrected chi connectivity index (χ0v) is 13.2. The second-order valence-corrected chi connectivity index (χ2v) is 6.28. The molecule has 3 heterocycles. The van der Waals surface area contributed by atoms with Crippen LogP contribution in [0.25, 0.3) is 0 Å². The van der Waals surface area contributed by atoms with Gasteiger partial charge in [-0.15, -0.1) is 0 Å². The van der Waals surface area contributed by atoms with Crippen LogP contribution < -0.4 is 5.32 Å². The summed E-state index contributed by atoms with van der Waals surface area (Å²) in [5.41, 5.74) is 0.0841. The van der Waals surface area contributed by atoms with Crippen LogP contribution in [0.1, 0.15) is 16.8 Å². The molecule has 2 amide bonds. The van der Waals surface area contributed by atoms with Crippen LogP contribution in [0.3, 0.4) is 0 Å². The van der Waals surface area contributed by atoms with Crippen LogP contribution in [0.2, 0.25) is 0 Å². The number of likely N-dealkylation sites (N-methyl/N-ethyl adjacent to an activating group) is 1. The Labute approximate surface area is 134 Å². The van der Waals surface area contributed by atoms with Crippen LogP contribution in [-0.4, -0.2) is 66.4 Å². The number of nitrogens with one attached hydrogen (secondary N) is 1. The van der Waals surface area contributed by atoms with Gasteiger partial charge in [-0.05, 0) is 30.9 Å². The van der Waals surface area contributed by atoms with E-state index < -0.39 is 5.82 Å². The third kappa shape index (κ3) is 3.34. The Kier molecular flexibility index (Phi) is 4.56. The van der Waals surface area contributed by atoms with Crippen LogP contribution in [0.4, 0.5) is 4.39 Å². The summed E-state index contributed by atoms with van der Waals surface area (Å²) in [6.45, 7) is 3.35. The molecule has 1 N–H and O–H groups in total. The largest absolute Gasteiger partial charge is 0.358 e. The maximum absolute atomic E-state index is 13.7. The number of carbonyl (C=O) groups excluding carboxylic acids is 2. The highest BCUT2D eigenvalue weighted by molar-refractivity contribution is 5.94. The van der Waals surface area contributed by atoms with Gasteiger partial charge >= 0.3 is 0 Å². The molecule has 23 heavy (non-hydrogen) atoms. The van der Waals surface area contributed by atoms with Gasteiger partial charge in [-0.1, -0.05) is 0 Å². The van der Waals surface area contributed by atoms with Gasteiger partial charge in [0.15, 0.2) is 5.82 Å². The van der Waals surface area contributed by atoms with Crippen molar-refractivity contribution in [3.05, 3.63) is 29.8 Å². The molecule has 2 fully saturated rings. The van der Waals surface area contributed by atoms with E-state index in [1.54, 1.807) is 11.9 Å². The topological polar surface area (TPSA) is 65.5 Å². The van der Waals surface area contributed by atoms with Crippen molar-refractivity contribution in [2.75, 3.05) is 39.8 Å². The second kappa shape index (κ2) is 6.62. The lowest BCUT2D eigenvalue weighted by Crippen LogP contribution is -2.44. The van der Waals surface area contributed by atoms with E-state index in [9.17, 15) is 14.0 Å². The Bertz CT molecular complexity index is 609. The number of likely N-dealkylation sites (tertiary alicyclic amines) is 2. The van der Waals surface area contributed by atoms with E-state index in [2.05, 4.69) is 15.2 Å². The van der Waals surface area contributed by atoms with Gasteiger partial charge < -0.3 is 10.2 Å². The molecule has 0 aliphatic carbocycles. The number of hydrogen-bond acceptors (Lipinski definition) is 4. The summed E-state index contributed by atoms with van der Waals surface area (Å²) in [7, 11) is 1.63. The van der Waals surface area contributed by atoms with Gasteiger partial charge in [0.25, 0.3) is 5.91 Å². The van der Waals surface area contributed by atoms with Crippen molar-refractivity contribution in [2.45, 2.75) is 6.42 Å². The number of pyridine rings is 1. The van der Waals surface area contributed by atoms with Crippen molar-refractivity contribution < 1.29 is 14.0 Å². The first-order valence-electron chi connectivity index (χ1n) is 7.90. The molecule has 1 aromatic heterocycles. The highest BCUT2D eigenvalue weighted by Crippen LogP contribution is 2.32. The van der Waals surface area contributed by atoms with E-state index in [0.717, 1.165) is 25.7 Å². The number of rotatable bonds is 3. The summed E-state index contributed by atoms with van der Waals surface area (Å²) < 4.78 is 13.7. The highest BCUT2D eigenvalue weighted by atomic mass is 19.1. The SMILES string of the molecule is CNC(=O)CN1CC[C@H]2CN(C(=O)c3ccncc3F)C[C@H]2C1. The van der Waals surface area contributed by atoms with Gasteiger partial charge in [0.2, 0.25) is 5.91 Å². The Morgan fingerprint density at radius 2 is 2.13 bits per heavy atom. The fourth-order valence-electron chi connectivity index (χ4n) is 3.55. The van der Waals surface area contributed by atoms with Gasteiger partial charge in [-0.2, -0.15) is 0 Å². The highest BCUT2D eigenvalue weighted by Gasteiger charge is 2.39. The van der Waals surface area contributed by atoms with E-state index in [1.807, 2.05) is 0 Å². The fourth-order valence-corrected chi connectivity index (χ4v) is 3.55. The van der Waals surface area contributed by atoms with Crippen molar-refractivity contribution >= 4 is 11.8 Å². The minimum atomic E-state index is -0.575. The standard InChI is InChI=1S/C16H21FN4O2/c1-18-15(22)10-20-5-3-11-8-21(9-12(11)7-20)16(23)13-2-4-19-6-14(13)17/h2,4,6,11-12H,3,5,7-10H2,1H3,(H,18,22)/t11-,12+/m0/s1. The predicted molar refractivity (Wildman–Crippen MR) is 82.2 cm³/mol. The van der Waals surface area contributed by atoms with E-state index in [-0.39, 0.29) is 17.4 Å². The zero-order chi connectivity index (χ0) is 16.4. The minimum absolute atomic E-state index is 0.00763. The molecule has 124 valence electrons. The zero-order valence-electron chi connectivity index (χ0n) is 13.2. The van der Waals surface area contributed by atoms with Gasteiger partial charge in [0.1, 0.15) is 0 Å². The summed E-state index contributed by atoms with van der Waals surface area (Å²) in [5.74, 6) is -0.0500. The first kappa shape index (κ1) is 15.9. The molecular formula is C16H21FN4O2. The lowest BCUT2D eigenvalue weighted by Gasteiger charge is -2.33. The third-order valence-corrected chi connectivity index (χ3v) is 4.82. The molecule has 2 aliphatic rings. The number of halogens is 1. The van der Waals surface area contributed by atoms with Gasteiger partial charge in [-0.25, -0.2) is 4.39 Å². The van der Waals surface area contributed by atoms with Crippen LogP contribution in [0.5, 0.6) is 0 Å². The third-order valence-electron chi connectivity index (χ3n) is 4.82. The predicted octanol–water partition coefficient (Wildman–Crippen LogP) is 0.361. The molecule has 0 saturated carbocycles. The average molecular weight is 320 g/mol. The summed E-state index contributed by atoms with van der Waals surface area (Å²) in [4.78, 5) is 31.5. The summed E-state index contributed by atoms with van der Waals surface area (Å²) in [5, 5.41) is 2.63. The number of carbonyl (C=O) groups is 2. The van der Waals surface area contributed by atoms with E-state index in [1.165, 1.54) is 12.3 Å². The molecule has 2 aliphatic heterocycles. The Hall–Kier alpha value is -2.02. The minimum Gasteiger partial charge on any atom is -0.358 e. The summed E-state index contributed by atoms with van der Waals surface area (Å²) >= 11 is 0. The lowest BCUT2D eigenvalue weighted by molar-refractivity contribution is -0.122. The van der Waals surface area contributed by atoms with Crippen molar-refractivity contribution in [1.82, 2.24) is 20.1 Å². The first-order valence-corrected chi connectivity index (χ1v) is 7.90. The maximum Gasteiger partial charge on any atom is 0.256 e. The molecule has 1 aromatic rings. The van der Waals surface area contributed by atoms with E-state index in [0.29, 0.717) is 31.5 Å². The lowest BCUT2D eigenvalue weighted by atomic mass is 9.89. The summed E-state index contributed by atoms with van der Waals surface area (Å²) in [6, 6.07) is 1.43. The molecule has 2 saturated heterocycles. The van der Waals surface area contributed by atoms with E-state index in [4.69, 9.17) is 0 Å². The number of amides is 2. The normalized spacial score (nSPS) is 24.3. The second-order valence-electron chi connectivity index (χ2n) is 6.28. The van der Waals surface area contributed by atoms with Crippen LogP contribution >= 0.6 is 0 Å². The van der Waals surface area contributed by atoms with Gasteiger partial charge in [-0.3, -0.25) is 19.5 Å². The molecule has 0 spiro atoms. The molecule has 0 aromatic carbocycles. The molecule has 0 bridgehead atoms. The molecule has 0 radical (unpaired) electrons. The van der Waals surface area contributed by atoms with Gasteiger partial charge in [0, 0.05) is 32.9 Å². The number of aromatic nitrogens is 1. The van der Waals surface area contributed by atoms with Crippen molar-refractivity contribution in [3.8, 4) is 0 Å². The van der Waals surface area contributed by atoms with Crippen LogP contribution in [0.15, 0.2) is 18.5 Å². The number of piperidine rings is 1. The van der Waals surface area contributed by atoms with Crippen LogP contribution in [-0.2, 0) is 4.79 Å². The van der Waals surface area contributed by atoms with E-state index >= 15 is 0 Å². The Morgan fingerprint density at radius 3 is 2.87 bits per heavy atom. The smallest absolute Gasteiger partial charge is 0.256 e. The molecule has 7 heteroatoms. The number of hydrogen-bond donors (Lipinski definition) is 1. The molecule has 6 nitrogen and oxygen atoms in total. The maximum atomic E-state index is 13.7. The van der Waals surface area contributed by atoms with Crippen molar-refractivity contribution in [1.29, 1.82) is 0 Å². The molecule has 0 unspecified atom stereocenters. The monoisotopic (exact) mass is 320 g/mol. The van der Waals surface area contributed by atoms with Crippen molar-refractivity contribution in [3.63, 3.8) is 0 Å². The van der Waals surface area contributed by atoms with Crippen LogP contribution in [0, 0.1) is 17.7 Å². The van der Waals surface area contributed by atoms with Crippen molar-refractivity contribution in [2.24, 2.45) is 11.8 Å². The first-order chi connectivity index (χ1) is 11.1. The fraction of sp³-hybridized carbons (Fsp3) is 0.562. The molecular weight excluding hydrogens is 299 g/mol. The number of fused-ring (bicyclic) bond motifs is 1. The summed E-state index contributed by atoms with van der Waals surface area (Å²) in [6.07, 6.45) is 3.47.